The second kappa shape index (κ2) is 10.9. The fourth-order valence-electron chi connectivity index (χ4n) is 5.62. The topological polar surface area (TPSA) is 59.4 Å². The van der Waals surface area contributed by atoms with Crippen LogP contribution in [-0.2, 0) is 17.7 Å². The predicted molar refractivity (Wildman–Crippen MR) is 142 cm³/mol. The highest BCUT2D eigenvalue weighted by Gasteiger charge is 2.26. The maximum atomic E-state index is 13.5. The zero-order valence-corrected chi connectivity index (χ0v) is 21.9. The molecule has 0 bridgehead atoms. The van der Waals surface area contributed by atoms with Gasteiger partial charge >= 0.3 is 6.09 Å². The first kappa shape index (κ1) is 25.2. The molecule has 1 amide bonds. The molecule has 2 aromatic carbocycles. The molecule has 2 unspecified atom stereocenters. The van der Waals surface area contributed by atoms with Crippen LogP contribution in [-0.4, -0.2) is 40.9 Å². The van der Waals surface area contributed by atoms with E-state index in [9.17, 15) is 9.18 Å². The van der Waals surface area contributed by atoms with Crippen LogP contribution in [0.3, 0.4) is 0 Å². The second-order valence-electron chi connectivity index (χ2n) is 10.1. The minimum absolute atomic E-state index is 0.102. The summed E-state index contributed by atoms with van der Waals surface area (Å²) in [4.78, 5) is 19.5. The van der Waals surface area contributed by atoms with Crippen LogP contribution >= 0.6 is 23.2 Å². The van der Waals surface area contributed by atoms with Gasteiger partial charge in [-0.2, -0.15) is 0 Å². The zero-order chi connectivity index (χ0) is 25.2. The van der Waals surface area contributed by atoms with Gasteiger partial charge in [0, 0.05) is 18.8 Å². The number of nitrogens with one attached hydrogen (secondary N) is 1. The third-order valence-electron chi connectivity index (χ3n) is 7.31. The van der Waals surface area contributed by atoms with E-state index in [2.05, 4.69) is 15.2 Å². The van der Waals surface area contributed by atoms with E-state index >= 15 is 0 Å². The number of benzene rings is 2. The number of hydrogen-bond donors (Lipinski definition) is 1. The van der Waals surface area contributed by atoms with Crippen molar-refractivity contribution in [1.82, 2.24) is 14.9 Å². The molecule has 0 radical (unpaired) electrons. The predicted octanol–water partition coefficient (Wildman–Crippen LogP) is 6.61. The zero-order valence-electron chi connectivity index (χ0n) is 20.4. The maximum absolute atomic E-state index is 13.5. The number of carbonyl (C=O) groups is 1. The molecule has 0 saturated heterocycles. The lowest BCUT2D eigenvalue weighted by atomic mass is 9.98. The molecule has 2 aliphatic rings. The van der Waals surface area contributed by atoms with E-state index in [0.717, 1.165) is 41.7 Å². The summed E-state index contributed by atoms with van der Waals surface area (Å²) in [6.45, 7) is 3.81. The summed E-state index contributed by atoms with van der Waals surface area (Å²) in [5, 5.41) is 4.07. The molecule has 9 heteroatoms. The van der Waals surface area contributed by atoms with Crippen molar-refractivity contribution in [2.24, 2.45) is 5.92 Å². The molecule has 0 spiro atoms. The van der Waals surface area contributed by atoms with Crippen molar-refractivity contribution in [1.29, 1.82) is 0 Å². The van der Waals surface area contributed by atoms with Crippen molar-refractivity contribution >= 4 is 46.0 Å². The van der Waals surface area contributed by atoms with Gasteiger partial charge in [0.1, 0.15) is 11.9 Å². The molecule has 1 fully saturated rings. The number of carbonyl (C=O) groups excluding carboxylic acids is 1. The Labute approximate surface area is 220 Å². The number of aromatic nitrogens is 2. The Morgan fingerprint density at radius 2 is 1.97 bits per heavy atom. The van der Waals surface area contributed by atoms with Gasteiger partial charge in [-0.25, -0.2) is 14.2 Å². The van der Waals surface area contributed by atoms with Gasteiger partial charge in [-0.3, -0.25) is 0 Å². The molecule has 1 aliphatic heterocycles. The Morgan fingerprint density at radius 3 is 2.78 bits per heavy atom. The largest absolute Gasteiger partial charge is 0.445 e. The van der Waals surface area contributed by atoms with Gasteiger partial charge in [-0.1, -0.05) is 48.9 Å². The van der Waals surface area contributed by atoms with Crippen LogP contribution in [0.15, 0.2) is 36.7 Å². The van der Waals surface area contributed by atoms with Gasteiger partial charge in [0.25, 0.3) is 0 Å². The van der Waals surface area contributed by atoms with Crippen molar-refractivity contribution < 1.29 is 13.9 Å². The lowest BCUT2D eigenvalue weighted by Gasteiger charge is -2.26. The summed E-state index contributed by atoms with van der Waals surface area (Å²) in [6, 6.07) is 8.34. The fourth-order valence-corrected chi connectivity index (χ4v) is 5.94. The number of fused-ring (bicyclic) bond motifs is 2. The van der Waals surface area contributed by atoms with Gasteiger partial charge < -0.3 is 19.5 Å². The van der Waals surface area contributed by atoms with Crippen molar-refractivity contribution in [2.45, 2.75) is 64.1 Å². The number of alkyl carbamates (subject to hydrolysis) is 1. The Bertz CT molecular complexity index is 1240. The van der Waals surface area contributed by atoms with E-state index in [0.29, 0.717) is 29.1 Å². The van der Waals surface area contributed by atoms with Gasteiger partial charge in [0.2, 0.25) is 0 Å². The molecule has 1 N–H and O–H groups in total. The van der Waals surface area contributed by atoms with Crippen LogP contribution in [0, 0.1) is 11.7 Å². The van der Waals surface area contributed by atoms with Gasteiger partial charge in [-0.05, 0) is 61.6 Å². The summed E-state index contributed by atoms with van der Waals surface area (Å²) in [7, 11) is 0. The van der Waals surface area contributed by atoms with Gasteiger partial charge in [0.05, 0.1) is 40.0 Å². The summed E-state index contributed by atoms with van der Waals surface area (Å²) < 4.78 is 21.3. The molecular formula is C27H31Cl2FN4O2. The molecular weight excluding hydrogens is 502 g/mol. The molecule has 1 saturated carbocycles. The Kier molecular flexibility index (Phi) is 7.58. The highest BCUT2D eigenvalue weighted by molar-refractivity contribution is 6.42. The minimum Gasteiger partial charge on any atom is -0.445 e. The second-order valence-corrected chi connectivity index (χ2v) is 10.9. The first-order chi connectivity index (χ1) is 17.4. The molecule has 3 aromatic rings. The smallest absolute Gasteiger partial charge is 0.407 e. The standard InChI is InChI=1S/C27H31Cl2FN4O2/c1-17(14-33-9-8-19-11-20(30)6-7-25(19)33)36-27(35)32-21(10-18-4-2-3-5-18)15-34-16-31-24-12-22(28)23(29)13-26(24)34/h6-7,11-13,16-18,21H,2-5,8-10,14-15H2,1H3,(H,32,35). The number of hydrogen-bond acceptors (Lipinski definition) is 4. The Morgan fingerprint density at radius 1 is 1.19 bits per heavy atom. The van der Waals surface area contributed by atoms with Gasteiger partial charge in [0.15, 0.2) is 0 Å². The SMILES string of the molecule is CC(CN1CCc2cc(F)ccc21)OC(=O)NC(CC1CCCC1)Cn1cnc2cc(Cl)c(Cl)cc21. The first-order valence-electron chi connectivity index (χ1n) is 12.7. The van der Waals surface area contributed by atoms with Crippen LogP contribution < -0.4 is 10.2 Å². The molecule has 5 rings (SSSR count). The van der Waals surface area contributed by atoms with Gasteiger partial charge in [-0.15, -0.1) is 0 Å². The quantitative estimate of drug-likeness (QED) is 0.354. The Hall–Kier alpha value is -2.51. The number of imidazole rings is 1. The van der Waals surface area contributed by atoms with Crippen molar-refractivity contribution in [3.8, 4) is 0 Å². The van der Waals surface area contributed by atoms with E-state index in [1.165, 1.54) is 31.7 Å². The molecule has 1 aromatic heterocycles. The van der Waals surface area contributed by atoms with E-state index in [1.807, 2.05) is 17.6 Å². The summed E-state index contributed by atoms with van der Waals surface area (Å²) in [6.07, 6.45) is 7.55. The van der Waals surface area contributed by atoms with Crippen LogP contribution in [0.4, 0.5) is 14.9 Å². The minimum atomic E-state index is -0.422. The molecule has 6 nitrogen and oxygen atoms in total. The summed E-state index contributed by atoms with van der Waals surface area (Å²) in [5.41, 5.74) is 3.66. The molecule has 2 atom stereocenters. The monoisotopic (exact) mass is 532 g/mol. The number of amides is 1. The third-order valence-corrected chi connectivity index (χ3v) is 8.04. The number of ether oxygens (including phenoxy) is 1. The van der Waals surface area contributed by atoms with Crippen molar-refractivity contribution in [2.75, 3.05) is 18.0 Å². The Balaban J connectivity index is 1.23. The van der Waals surface area contributed by atoms with E-state index in [4.69, 9.17) is 27.9 Å². The van der Waals surface area contributed by atoms with Crippen LogP contribution in [0.25, 0.3) is 11.0 Å². The third kappa shape index (κ3) is 5.73. The average molecular weight is 533 g/mol. The molecule has 2 heterocycles. The number of halogens is 3. The van der Waals surface area contributed by atoms with Crippen LogP contribution in [0.1, 0.15) is 44.6 Å². The first-order valence-corrected chi connectivity index (χ1v) is 13.4. The number of anilines is 1. The maximum Gasteiger partial charge on any atom is 0.407 e. The molecule has 192 valence electrons. The normalized spacial score (nSPS) is 17.4. The summed E-state index contributed by atoms with van der Waals surface area (Å²) >= 11 is 12.4. The lowest BCUT2D eigenvalue weighted by molar-refractivity contribution is 0.104. The highest BCUT2D eigenvalue weighted by Crippen LogP contribution is 2.31. The van der Waals surface area contributed by atoms with E-state index in [1.54, 1.807) is 24.5 Å². The van der Waals surface area contributed by atoms with Crippen molar-refractivity contribution in [3.05, 3.63) is 58.1 Å². The number of rotatable bonds is 8. The molecule has 1 aliphatic carbocycles. The highest BCUT2D eigenvalue weighted by atomic mass is 35.5. The van der Waals surface area contributed by atoms with Crippen LogP contribution in [0.2, 0.25) is 10.0 Å². The average Bonchev–Trinajstić information content (AvgIpc) is 3.56. The molecule has 36 heavy (non-hydrogen) atoms. The van der Waals surface area contributed by atoms with Crippen molar-refractivity contribution in [3.63, 3.8) is 0 Å². The lowest BCUT2D eigenvalue weighted by Crippen LogP contribution is -2.42. The van der Waals surface area contributed by atoms with E-state index in [-0.39, 0.29) is 18.0 Å². The number of nitrogens with zero attached hydrogens (tertiary/aromatic N) is 3. The fraction of sp³-hybridized carbons (Fsp3) is 0.481. The van der Waals surface area contributed by atoms with Crippen LogP contribution in [0.5, 0.6) is 0 Å². The summed E-state index contributed by atoms with van der Waals surface area (Å²) in [5.74, 6) is 0.366. The van der Waals surface area contributed by atoms with E-state index < -0.39 is 6.09 Å².